The maximum absolute atomic E-state index is 13.3. The maximum Gasteiger partial charge on any atom is 0.128 e. The molecule has 0 bridgehead atoms. The average Bonchev–Trinajstić information content (AvgIpc) is 2.17. The first kappa shape index (κ1) is 10.5. The predicted octanol–water partition coefficient (Wildman–Crippen LogP) is 3.08. The molecular weight excluding hydrogens is 177 g/mol. The van der Waals surface area contributed by atoms with Crippen LogP contribution in [0.25, 0.3) is 0 Å². The number of rotatable bonds is 3. The van der Waals surface area contributed by atoms with Crippen LogP contribution in [-0.4, -0.2) is 0 Å². The van der Waals surface area contributed by atoms with E-state index in [9.17, 15) is 4.39 Å². The monoisotopic (exact) mass is 191 g/mol. The third-order valence-corrected chi connectivity index (χ3v) is 2.10. The van der Waals surface area contributed by atoms with Gasteiger partial charge in [0.2, 0.25) is 0 Å². The van der Waals surface area contributed by atoms with Crippen molar-refractivity contribution in [1.29, 1.82) is 0 Å². The summed E-state index contributed by atoms with van der Waals surface area (Å²) in [6, 6.07) is 4.75. The Morgan fingerprint density at radius 3 is 2.79 bits per heavy atom. The van der Waals surface area contributed by atoms with Gasteiger partial charge in [-0.15, -0.1) is 0 Å². The number of nitrogen functional groups attached to an aromatic ring is 1. The fourth-order valence-electron chi connectivity index (χ4n) is 1.22. The fraction of sp³-hybridized carbons (Fsp3) is 0.167. The molecule has 2 heteroatoms. The van der Waals surface area contributed by atoms with Gasteiger partial charge in [-0.1, -0.05) is 24.8 Å². The molecule has 0 fully saturated rings. The highest BCUT2D eigenvalue weighted by Gasteiger charge is 2.03. The van der Waals surface area contributed by atoms with E-state index in [0.717, 1.165) is 5.57 Å². The minimum atomic E-state index is -0.258. The number of hydrogen-bond donors (Lipinski definition) is 1. The molecule has 0 aliphatic rings. The molecule has 0 radical (unpaired) electrons. The number of benzene rings is 1. The summed E-state index contributed by atoms with van der Waals surface area (Å²) in [4.78, 5) is 0. The van der Waals surface area contributed by atoms with Crippen LogP contribution in [0.1, 0.15) is 12.5 Å². The van der Waals surface area contributed by atoms with Crippen molar-refractivity contribution in [3.05, 3.63) is 53.9 Å². The van der Waals surface area contributed by atoms with E-state index in [4.69, 9.17) is 5.73 Å². The Morgan fingerprint density at radius 1 is 1.57 bits per heavy atom. The number of halogens is 1. The number of allylic oxidation sites excluding steroid dienone is 3. The maximum atomic E-state index is 13.3. The number of anilines is 1. The molecule has 0 atom stereocenters. The van der Waals surface area contributed by atoms with Gasteiger partial charge in [-0.3, -0.25) is 0 Å². The van der Waals surface area contributed by atoms with Gasteiger partial charge in [-0.05, 0) is 36.6 Å². The molecular formula is C12H14FN. The van der Waals surface area contributed by atoms with Gasteiger partial charge < -0.3 is 5.73 Å². The molecule has 0 aliphatic carbocycles. The minimum absolute atomic E-state index is 0.258. The van der Waals surface area contributed by atoms with Gasteiger partial charge in [0.15, 0.2) is 0 Å². The Balaban J connectivity index is 2.92. The van der Waals surface area contributed by atoms with Crippen molar-refractivity contribution in [1.82, 2.24) is 0 Å². The second-order valence-corrected chi connectivity index (χ2v) is 3.10. The first-order valence-corrected chi connectivity index (χ1v) is 4.49. The lowest BCUT2D eigenvalue weighted by Crippen LogP contribution is -1.94. The van der Waals surface area contributed by atoms with Gasteiger partial charge in [0, 0.05) is 5.69 Å². The molecule has 14 heavy (non-hydrogen) atoms. The standard InChI is InChI=1S/C12H14FN/c1-3-9(4-2)7-10-5-6-11(14)8-12(10)13/h3-6,8H,1,7,14H2,2H3/b9-4+. The molecule has 0 aliphatic heterocycles. The second kappa shape index (κ2) is 4.61. The van der Waals surface area contributed by atoms with E-state index in [1.807, 2.05) is 13.0 Å². The van der Waals surface area contributed by atoms with Gasteiger partial charge in [0.05, 0.1) is 0 Å². The highest BCUT2D eigenvalue weighted by Crippen LogP contribution is 2.15. The van der Waals surface area contributed by atoms with Gasteiger partial charge in [0.1, 0.15) is 5.82 Å². The highest BCUT2D eigenvalue weighted by molar-refractivity contribution is 5.41. The summed E-state index contributed by atoms with van der Waals surface area (Å²) >= 11 is 0. The molecule has 1 rings (SSSR count). The van der Waals surface area contributed by atoms with E-state index >= 15 is 0 Å². The van der Waals surface area contributed by atoms with Crippen LogP contribution in [0.5, 0.6) is 0 Å². The smallest absolute Gasteiger partial charge is 0.128 e. The summed E-state index contributed by atoms with van der Waals surface area (Å²) < 4.78 is 13.3. The Labute approximate surface area is 83.7 Å². The molecule has 0 spiro atoms. The molecule has 0 saturated heterocycles. The molecule has 74 valence electrons. The van der Waals surface area contributed by atoms with Crippen LogP contribution in [0.2, 0.25) is 0 Å². The Bertz CT molecular complexity index is 367. The van der Waals surface area contributed by atoms with Crippen LogP contribution >= 0.6 is 0 Å². The minimum Gasteiger partial charge on any atom is -0.399 e. The lowest BCUT2D eigenvalue weighted by molar-refractivity contribution is 0.614. The van der Waals surface area contributed by atoms with E-state index in [-0.39, 0.29) is 5.82 Å². The zero-order valence-corrected chi connectivity index (χ0v) is 8.26. The summed E-state index contributed by atoms with van der Waals surface area (Å²) in [5.74, 6) is -0.258. The molecule has 1 aromatic rings. The first-order valence-electron chi connectivity index (χ1n) is 4.49. The molecule has 0 amide bonds. The summed E-state index contributed by atoms with van der Waals surface area (Å²) in [6.45, 7) is 5.57. The van der Waals surface area contributed by atoms with Gasteiger partial charge in [-0.2, -0.15) is 0 Å². The molecule has 0 saturated carbocycles. The van der Waals surface area contributed by atoms with Crippen molar-refractivity contribution in [3.63, 3.8) is 0 Å². The molecule has 0 heterocycles. The molecule has 0 unspecified atom stereocenters. The van der Waals surface area contributed by atoms with Crippen molar-refractivity contribution in [2.45, 2.75) is 13.3 Å². The van der Waals surface area contributed by atoms with E-state index < -0.39 is 0 Å². The van der Waals surface area contributed by atoms with Gasteiger partial charge in [0.25, 0.3) is 0 Å². The van der Waals surface area contributed by atoms with E-state index in [2.05, 4.69) is 6.58 Å². The third-order valence-electron chi connectivity index (χ3n) is 2.10. The SMILES string of the molecule is C=C/C(=C\C)Cc1ccc(N)cc1F. The van der Waals surface area contributed by atoms with Gasteiger partial charge in [-0.25, -0.2) is 4.39 Å². The van der Waals surface area contributed by atoms with Crippen LogP contribution < -0.4 is 5.73 Å². The van der Waals surface area contributed by atoms with E-state index in [0.29, 0.717) is 17.7 Å². The fourth-order valence-corrected chi connectivity index (χ4v) is 1.22. The summed E-state index contributed by atoms with van der Waals surface area (Å²) in [5.41, 5.74) is 7.55. The second-order valence-electron chi connectivity index (χ2n) is 3.10. The molecule has 0 aromatic heterocycles. The Kier molecular flexibility index (Phi) is 3.46. The zero-order chi connectivity index (χ0) is 10.6. The number of hydrogen-bond acceptors (Lipinski definition) is 1. The average molecular weight is 191 g/mol. The van der Waals surface area contributed by atoms with Crippen LogP contribution in [0.4, 0.5) is 10.1 Å². The Morgan fingerprint density at radius 2 is 2.29 bits per heavy atom. The summed E-state index contributed by atoms with van der Waals surface area (Å²) in [6.07, 6.45) is 4.21. The highest BCUT2D eigenvalue weighted by atomic mass is 19.1. The van der Waals surface area contributed by atoms with E-state index in [1.54, 1.807) is 18.2 Å². The van der Waals surface area contributed by atoms with Crippen molar-refractivity contribution < 1.29 is 4.39 Å². The van der Waals surface area contributed by atoms with Crippen molar-refractivity contribution in [3.8, 4) is 0 Å². The normalized spacial score (nSPS) is 11.4. The lowest BCUT2D eigenvalue weighted by Gasteiger charge is -2.04. The molecule has 2 N–H and O–H groups in total. The number of nitrogens with two attached hydrogens (primary N) is 1. The molecule has 1 aromatic carbocycles. The van der Waals surface area contributed by atoms with Crippen LogP contribution in [0.3, 0.4) is 0 Å². The first-order chi connectivity index (χ1) is 6.67. The van der Waals surface area contributed by atoms with Crippen LogP contribution in [0.15, 0.2) is 42.5 Å². The zero-order valence-electron chi connectivity index (χ0n) is 8.26. The summed E-state index contributed by atoms with van der Waals surface area (Å²) in [7, 11) is 0. The van der Waals surface area contributed by atoms with Gasteiger partial charge >= 0.3 is 0 Å². The predicted molar refractivity (Wildman–Crippen MR) is 58.5 cm³/mol. The van der Waals surface area contributed by atoms with Crippen molar-refractivity contribution >= 4 is 5.69 Å². The Hall–Kier alpha value is -1.57. The largest absolute Gasteiger partial charge is 0.399 e. The van der Waals surface area contributed by atoms with Crippen LogP contribution in [0, 0.1) is 5.82 Å². The third kappa shape index (κ3) is 2.46. The molecule has 1 nitrogen and oxygen atoms in total. The van der Waals surface area contributed by atoms with E-state index in [1.165, 1.54) is 6.07 Å². The topological polar surface area (TPSA) is 26.0 Å². The van der Waals surface area contributed by atoms with Crippen molar-refractivity contribution in [2.24, 2.45) is 0 Å². The quantitative estimate of drug-likeness (QED) is 0.576. The van der Waals surface area contributed by atoms with Crippen molar-refractivity contribution in [2.75, 3.05) is 5.73 Å². The lowest BCUT2D eigenvalue weighted by atomic mass is 10.0. The summed E-state index contributed by atoms with van der Waals surface area (Å²) in [5, 5.41) is 0. The van der Waals surface area contributed by atoms with Crippen LogP contribution in [-0.2, 0) is 6.42 Å².